The summed E-state index contributed by atoms with van der Waals surface area (Å²) in [5, 5.41) is 15.5. The minimum atomic E-state index is -4.61. The van der Waals surface area contributed by atoms with E-state index in [0.717, 1.165) is 28.3 Å². The molecule has 0 aliphatic carbocycles. The van der Waals surface area contributed by atoms with Crippen molar-refractivity contribution in [2.75, 3.05) is 5.75 Å². The van der Waals surface area contributed by atoms with E-state index in [1.807, 2.05) is 0 Å². The van der Waals surface area contributed by atoms with E-state index in [9.17, 15) is 18.0 Å². The lowest BCUT2D eigenvalue weighted by atomic mass is 10.2. The van der Waals surface area contributed by atoms with Crippen LogP contribution in [0.5, 0.6) is 0 Å². The van der Waals surface area contributed by atoms with Crippen molar-refractivity contribution in [3.8, 4) is 6.07 Å². The molecular weight excluding hydrogens is 281 g/mol. The summed E-state index contributed by atoms with van der Waals surface area (Å²) in [7, 11) is 0. The number of nitriles is 1. The van der Waals surface area contributed by atoms with Gasteiger partial charge < -0.3 is 0 Å². The van der Waals surface area contributed by atoms with Crippen LogP contribution in [0.25, 0.3) is 5.65 Å². The van der Waals surface area contributed by atoms with Gasteiger partial charge in [0, 0.05) is 0 Å². The average molecular weight is 286 g/mol. The third-order valence-electron chi connectivity index (χ3n) is 2.24. The van der Waals surface area contributed by atoms with Gasteiger partial charge in [-0.05, 0) is 12.1 Å². The predicted octanol–water partition coefficient (Wildman–Crippen LogP) is 2.18. The molecule has 0 unspecified atom stereocenters. The van der Waals surface area contributed by atoms with Gasteiger partial charge in [0.2, 0.25) is 0 Å². The van der Waals surface area contributed by atoms with Crippen LogP contribution in [0.1, 0.15) is 16.1 Å². The fraction of sp³-hybridized carbons (Fsp3) is 0.200. The predicted molar refractivity (Wildman–Crippen MR) is 59.7 cm³/mol. The number of alkyl halides is 3. The molecule has 0 aliphatic heterocycles. The molecule has 0 N–H and O–H groups in total. The summed E-state index contributed by atoms with van der Waals surface area (Å²) >= 11 is 0.818. The molecule has 0 atom stereocenters. The number of pyridine rings is 1. The first-order valence-electron chi connectivity index (χ1n) is 4.89. The van der Waals surface area contributed by atoms with Crippen LogP contribution in [-0.4, -0.2) is 26.6 Å². The summed E-state index contributed by atoms with van der Waals surface area (Å²) in [6, 6.07) is 3.62. The summed E-state index contributed by atoms with van der Waals surface area (Å²) in [6.07, 6.45) is -4.20. The van der Waals surface area contributed by atoms with Crippen LogP contribution < -0.4 is 0 Å². The van der Waals surface area contributed by atoms with Gasteiger partial charge in [0.15, 0.2) is 17.1 Å². The number of nitrogens with zero attached hydrogens (tertiary/aromatic N) is 4. The molecule has 0 spiro atoms. The van der Waals surface area contributed by atoms with Crippen LogP contribution in [0, 0.1) is 11.3 Å². The average Bonchev–Trinajstić information content (AvgIpc) is 2.77. The Balaban J connectivity index is 2.73. The van der Waals surface area contributed by atoms with Gasteiger partial charge in [-0.15, -0.1) is 10.2 Å². The van der Waals surface area contributed by atoms with Crippen LogP contribution in [0.2, 0.25) is 0 Å². The number of aromatic nitrogens is 3. The van der Waals surface area contributed by atoms with E-state index in [4.69, 9.17) is 5.26 Å². The van der Waals surface area contributed by atoms with Crippen molar-refractivity contribution in [3.05, 3.63) is 23.4 Å². The van der Waals surface area contributed by atoms with Crippen molar-refractivity contribution in [2.24, 2.45) is 0 Å². The van der Waals surface area contributed by atoms with Crippen molar-refractivity contribution in [2.45, 2.75) is 11.3 Å². The number of rotatable bonds is 3. The van der Waals surface area contributed by atoms with E-state index < -0.39 is 11.9 Å². The second-order valence-electron chi connectivity index (χ2n) is 3.38. The van der Waals surface area contributed by atoms with Gasteiger partial charge in [-0.3, -0.25) is 9.20 Å². The Morgan fingerprint density at radius 1 is 1.42 bits per heavy atom. The minimum Gasteiger partial charge on any atom is -0.298 e. The number of carbonyl (C=O) groups is 1. The number of hydrogen-bond donors (Lipinski definition) is 0. The first kappa shape index (κ1) is 13.4. The molecule has 2 aromatic heterocycles. The van der Waals surface area contributed by atoms with Crippen molar-refractivity contribution >= 4 is 23.7 Å². The molecular formula is C10H5F3N4OS. The Labute approximate surface area is 109 Å². The van der Waals surface area contributed by atoms with Gasteiger partial charge in [-0.2, -0.15) is 18.4 Å². The summed E-state index contributed by atoms with van der Waals surface area (Å²) in [6.45, 7) is 0. The molecule has 19 heavy (non-hydrogen) atoms. The monoisotopic (exact) mass is 286 g/mol. The zero-order valence-electron chi connectivity index (χ0n) is 9.18. The SMILES string of the molecule is N#CCSc1nnc2c(C=O)ccc(C(F)(F)F)n12. The van der Waals surface area contributed by atoms with Crippen LogP contribution in [0.3, 0.4) is 0 Å². The Kier molecular flexibility index (Phi) is 3.44. The lowest BCUT2D eigenvalue weighted by Crippen LogP contribution is -2.13. The van der Waals surface area contributed by atoms with E-state index in [2.05, 4.69) is 10.2 Å². The van der Waals surface area contributed by atoms with E-state index in [1.54, 1.807) is 6.07 Å². The van der Waals surface area contributed by atoms with Crippen LogP contribution >= 0.6 is 11.8 Å². The van der Waals surface area contributed by atoms with Gasteiger partial charge >= 0.3 is 6.18 Å². The first-order chi connectivity index (χ1) is 8.99. The molecule has 0 aromatic carbocycles. The Hall–Kier alpha value is -2.08. The molecule has 0 aliphatic rings. The number of fused-ring (bicyclic) bond motifs is 1. The molecule has 98 valence electrons. The second kappa shape index (κ2) is 4.89. The van der Waals surface area contributed by atoms with Gasteiger partial charge in [0.05, 0.1) is 17.4 Å². The molecule has 0 fully saturated rings. The molecule has 2 rings (SSSR count). The number of thioether (sulfide) groups is 1. The molecule has 2 heterocycles. The first-order valence-corrected chi connectivity index (χ1v) is 5.88. The quantitative estimate of drug-likeness (QED) is 0.639. The van der Waals surface area contributed by atoms with Crippen LogP contribution in [0.15, 0.2) is 17.3 Å². The Morgan fingerprint density at radius 3 is 2.74 bits per heavy atom. The largest absolute Gasteiger partial charge is 0.431 e. The summed E-state index contributed by atoms with van der Waals surface area (Å²) in [4.78, 5) is 10.8. The van der Waals surface area contributed by atoms with Crippen molar-refractivity contribution in [1.29, 1.82) is 5.26 Å². The maximum atomic E-state index is 12.9. The molecule has 0 amide bonds. The molecule has 2 aromatic rings. The number of aldehydes is 1. The Bertz CT molecular complexity index is 674. The van der Waals surface area contributed by atoms with Gasteiger partial charge in [-0.25, -0.2) is 0 Å². The summed E-state index contributed by atoms with van der Waals surface area (Å²) < 4.78 is 39.4. The molecule has 0 bridgehead atoms. The molecule has 5 nitrogen and oxygen atoms in total. The number of halogens is 3. The van der Waals surface area contributed by atoms with E-state index in [1.165, 1.54) is 0 Å². The third kappa shape index (κ3) is 2.39. The molecule has 0 radical (unpaired) electrons. The van der Waals surface area contributed by atoms with Crippen LogP contribution in [0.4, 0.5) is 13.2 Å². The summed E-state index contributed by atoms with van der Waals surface area (Å²) in [5.41, 5.74) is -1.16. The van der Waals surface area contributed by atoms with Gasteiger partial charge in [0.25, 0.3) is 0 Å². The lowest BCUT2D eigenvalue weighted by Gasteiger charge is -2.10. The lowest BCUT2D eigenvalue weighted by molar-refractivity contribution is -0.142. The smallest absolute Gasteiger partial charge is 0.298 e. The van der Waals surface area contributed by atoms with Crippen molar-refractivity contribution in [3.63, 3.8) is 0 Å². The third-order valence-corrected chi connectivity index (χ3v) is 3.03. The fourth-order valence-electron chi connectivity index (χ4n) is 1.50. The topological polar surface area (TPSA) is 71.0 Å². The highest BCUT2D eigenvalue weighted by atomic mass is 32.2. The highest BCUT2D eigenvalue weighted by Crippen LogP contribution is 2.32. The number of carbonyl (C=O) groups excluding carboxylic acids is 1. The van der Waals surface area contributed by atoms with E-state index in [-0.39, 0.29) is 22.1 Å². The van der Waals surface area contributed by atoms with E-state index in [0.29, 0.717) is 6.29 Å². The second-order valence-corrected chi connectivity index (χ2v) is 4.32. The molecule has 0 saturated heterocycles. The van der Waals surface area contributed by atoms with Crippen LogP contribution in [-0.2, 0) is 6.18 Å². The zero-order chi connectivity index (χ0) is 14.0. The number of hydrogen-bond acceptors (Lipinski definition) is 5. The van der Waals surface area contributed by atoms with Crippen molar-refractivity contribution in [1.82, 2.24) is 14.6 Å². The van der Waals surface area contributed by atoms with Gasteiger partial charge in [0.1, 0.15) is 5.69 Å². The highest BCUT2D eigenvalue weighted by molar-refractivity contribution is 7.99. The fourth-order valence-corrected chi connectivity index (χ4v) is 2.10. The maximum Gasteiger partial charge on any atom is 0.431 e. The zero-order valence-corrected chi connectivity index (χ0v) is 9.99. The highest BCUT2D eigenvalue weighted by Gasteiger charge is 2.35. The van der Waals surface area contributed by atoms with Gasteiger partial charge in [-0.1, -0.05) is 11.8 Å². The maximum absolute atomic E-state index is 12.9. The molecule has 0 saturated carbocycles. The standard InChI is InChI=1S/C10H5F3N4OS/c11-10(12,13)7-2-1-6(5-18)8-15-16-9(17(7)8)19-4-3-14/h1-2,5H,4H2. The Morgan fingerprint density at radius 2 is 2.16 bits per heavy atom. The minimum absolute atomic E-state index is 0.00399. The normalized spacial score (nSPS) is 11.5. The molecule has 9 heteroatoms. The van der Waals surface area contributed by atoms with Crippen molar-refractivity contribution < 1.29 is 18.0 Å². The summed E-state index contributed by atoms with van der Waals surface area (Å²) in [5.74, 6) is -0.0661. The van der Waals surface area contributed by atoms with E-state index >= 15 is 0 Å².